The van der Waals surface area contributed by atoms with E-state index < -0.39 is 12.1 Å². The van der Waals surface area contributed by atoms with E-state index in [1.807, 2.05) is 6.08 Å². The van der Waals surface area contributed by atoms with Crippen LogP contribution in [-0.4, -0.2) is 47.4 Å². The highest BCUT2D eigenvalue weighted by Crippen LogP contribution is 2.19. The number of nitrogens with one attached hydrogen (secondary N) is 1. The average molecular weight is 1170 g/mol. The highest BCUT2D eigenvalue weighted by atomic mass is 16.5. The van der Waals surface area contributed by atoms with Gasteiger partial charge in [0.05, 0.1) is 25.4 Å². The molecule has 0 heterocycles. The predicted molar refractivity (Wildman–Crippen MR) is 366 cm³/mol. The molecule has 0 bridgehead atoms. The summed E-state index contributed by atoms with van der Waals surface area (Å²) >= 11 is 0. The van der Waals surface area contributed by atoms with E-state index >= 15 is 0 Å². The summed E-state index contributed by atoms with van der Waals surface area (Å²) in [4.78, 5) is 24.5. The van der Waals surface area contributed by atoms with Crippen LogP contribution < -0.4 is 5.32 Å². The fraction of sp³-hybridized carbons (Fsp3) is 0.870. The fourth-order valence-electron chi connectivity index (χ4n) is 11.6. The lowest BCUT2D eigenvalue weighted by atomic mass is 10.0. The number of ether oxygens (including phenoxy) is 1. The number of esters is 1. The number of aliphatic hydroxyl groups is 2. The Kier molecular flexibility index (Phi) is 70.4. The van der Waals surface area contributed by atoms with E-state index in [0.717, 1.165) is 51.4 Å². The van der Waals surface area contributed by atoms with Gasteiger partial charge in [0.2, 0.25) is 5.91 Å². The van der Waals surface area contributed by atoms with Crippen LogP contribution in [0.25, 0.3) is 0 Å². The molecule has 0 aromatic heterocycles. The van der Waals surface area contributed by atoms with E-state index in [4.69, 9.17) is 4.74 Å². The molecule has 0 saturated heterocycles. The van der Waals surface area contributed by atoms with Crippen molar-refractivity contribution in [3.8, 4) is 0 Å². The molecule has 0 aliphatic heterocycles. The number of hydrogen-bond donors (Lipinski definition) is 3. The summed E-state index contributed by atoms with van der Waals surface area (Å²) in [7, 11) is 0. The summed E-state index contributed by atoms with van der Waals surface area (Å²) < 4.78 is 5.51. The molecule has 2 unspecified atom stereocenters. The number of unbranched alkanes of at least 4 members (excludes halogenated alkanes) is 53. The van der Waals surface area contributed by atoms with Gasteiger partial charge in [0.25, 0.3) is 0 Å². The van der Waals surface area contributed by atoms with Gasteiger partial charge in [0.15, 0.2) is 0 Å². The van der Waals surface area contributed by atoms with Crippen molar-refractivity contribution in [1.29, 1.82) is 0 Å². The second-order valence-corrected chi connectivity index (χ2v) is 25.6. The molecule has 0 aromatic carbocycles. The van der Waals surface area contributed by atoms with E-state index in [1.165, 1.54) is 327 Å². The molecule has 6 heteroatoms. The lowest BCUT2D eigenvalue weighted by Gasteiger charge is -2.20. The van der Waals surface area contributed by atoms with E-state index in [-0.39, 0.29) is 18.5 Å². The topological polar surface area (TPSA) is 95.9 Å². The van der Waals surface area contributed by atoms with Crippen LogP contribution in [0, 0.1) is 0 Å². The van der Waals surface area contributed by atoms with Crippen molar-refractivity contribution >= 4 is 11.9 Å². The second-order valence-electron chi connectivity index (χ2n) is 25.6. The van der Waals surface area contributed by atoms with Crippen LogP contribution in [0.3, 0.4) is 0 Å². The third kappa shape index (κ3) is 68.8. The van der Waals surface area contributed by atoms with Crippen LogP contribution in [0.2, 0.25) is 0 Å². The van der Waals surface area contributed by atoms with Crippen molar-refractivity contribution in [3.63, 3.8) is 0 Å². The Hall–Kier alpha value is -2.18. The van der Waals surface area contributed by atoms with Crippen molar-refractivity contribution in [1.82, 2.24) is 5.32 Å². The first-order valence-electron chi connectivity index (χ1n) is 37.4. The molecule has 0 fully saturated rings. The van der Waals surface area contributed by atoms with Gasteiger partial charge in [-0.05, 0) is 89.9 Å². The third-order valence-corrected chi connectivity index (χ3v) is 17.3. The first-order chi connectivity index (χ1) is 41.0. The Morgan fingerprint density at radius 3 is 0.952 bits per heavy atom. The number of rotatable bonds is 70. The number of amides is 1. The molecule has 488 valence electrons. The molecule has 0 aromatic rings. The Morgan fingerprint density at radius 2 is 0.602 bits per heavy atom. The first kappa shape index (κ1) is 80.8. The summed E-state index contributed by atoms with van der Waals surface area (Å²) in [6.07, 6.45) is 95.2. The first-order valence-corrected chi connectivity index (χ1v) is 37.4. The van der Waals surface area contributed by atoms with Crippen molar-refractivity contribution < 1.29 is 24.5 Å². The minimum absolute atomic E-state index is 0.0176. The summed E-state index contributed by atoms with van der Waals surface area (Å²) in [5.41, 5.74) is 0. The average Bonchev–Trinajstić information content (AvgIpc) is 3.50. The molecule has 0 rings (SSSR count). The van der Waals surface area contributed by atoms with Crippen LogP contribution in [0.4, 0.5) is 0 Å². The van der Waals surface area contributed by atoms with E-state index in [2.05, 4.69) is 55.6 Å². The zero-order valence-corrected chi connectivity index (χ0v) is 55.9. The van der Waals surface area contributed by atoms with Gasteiger partial charge in [-0.1, -0.05) is 351 Å². The number of carbonyl (C=O) groups excluding carboxylic acids is 2. The molecule has 1 amide bonds. The summed E-state index contributed by atoms with van der Waals surface area (Å²) in [5.74, 6) is -0.0470. The maximum Gasteiger partial charge on any atom is 0.305 e. The summed E-state index contributed by atoms with van der Waals surface area (Å²) in [6.45, 7) is 4.88. The van der Waals surface area contributed by atoms with Gasteiger partial charge in [-0.25, -0.2) is 0 Å². The van der Waals surface area contributed by atoms with Crippen LogP contribution in [0.15, 0.2) is 48.6 Å². The molecule has 0 aliphatic carbocycles. The predicted octanol–water partition coefficient (Wildman–Crippen LogP) is 24.4. The Labute approximate surface area is 518 Å². The van der Waals surface area contributed by atoms with Crippen molar-refractivity contribution in [3.05, 3.63) is 48.6 Å². The van der Waals surface area contributed by atoms with Crippen molar-refractivity contribution in [2.75, 3.05) is 13.2 Å². The highest BCUT2D eigenvalue weighted by molar-refractivity contribution is 5.76. The van der Waals surface area contributed by atoms with Gasteiger partial charge in [-0.15, -0.1) is 0 Å². The number of aliphatic hydroxyl groups excluding tert-OH is 2. The zero-order valence-electron chi connectivity index (χ0n) is 55.9. The Bertz CT molecular complexity index is 1390. The molecule has 83 heavy (non-hydrogen) atoms. The van der Waals surface area contributed by atoms with Crippen LogP contribution in [0.5, 0.6) is 0 Å². The van der Waals surface area contributed by atoms with Gasteiger partial charge in [0.1, 0.15) is 0 Å². The standard InChI is InChI=1S/C77H145NO5/c1-3-5-7-9-11-13-15-16-17-18-38-42-45-48-51-55-59-63-67-71-77(82)83-72-68-64-60-56-52-49-46-43-40-37-35-33-31-29-27-25-23-21-19-20-22-24-26-28-30-32-34-36-39-41-44-47-50-54-58-62-66-70-76(81)78-74(73-79)75(80)69-65-61-57-53-14-12-10-8-6-4-2/h11,13,16-17,19,21,65,69,74-75,79-80H,3-10,12,14-15,18,20,22-64,66-68,70-73H2,1-2H3,(H,78,81)/b13-11-,17-16-,21-19-,69-65+. The van der Waals surface area contributed by atoms with Gasteiger partial charge >= 0.3 is 5.97 Å². The molecule has 0 spiro atoms. The monoisotopic (exact) mass is 1160 g/mol. The molecule has 6 nitrogen and oxygen atoms in total. The normalized spacial score (nSPS) is 12.8. The number of carbonyl (C=O) groups is 2. The maximum atomic E-state index is 12.4. The molecule has 3 N–H and O–H groups in total. The molecule has 0 aliphatic rings. The van der Waals surface area contributed by atoms with Gasteiger partial charge < -0.3 is 20.3 Å². The second kappa shape index (κ2) is 72.3. The van der Waals surface area contributed by atoms with Gasteiger partial charge in [-0.2, -0.15) is 0 Å². The maximum absolute atomic E-state index is 12.4. The van der Waals surface area contributed by atoms with Crippen LogP contribution >= 0.6 is 0 Å². The molecular formula is C77H145NO5. The quantitative estimate of drug-likeness (QED) is 0.0320. The van der Waals surface area contributed by atoms with Crippen molar-refractivity contribution in [2.45, 2.75) is 418 Å². The van der Waals surface area contributed by atoms with Crippen LogP contribution in [0.1, 0.15) is 406 Å². The fourth-order valence-corrected chi connectivity index (χ4v) is 11.6. The highest BCUT2D eigenvalue weighted by Gasteiger charge is 2.18. The Morgan fingerprint density at radius 1 is 0.337 bits per heavy atom. The molecular weight excluding hydrogens is 1020 g/mol. The summed E-state index contributed by atoms with van der Waals surface area (Å²) in [6, 6.07) is -0.623. The molecule has 0 radical (unpaired) electrons. The zero-order chi connectivity index (χ0) is 59.9. The number of allylic oxidation sites excluding steroid dienone is 7. The lowest BCUT2D eigenvalue weighted by molar-refractivity contribution is -0.143. The summed E-state index contributed by atoms with van der Waals surface area (Å²) in [5, 5.41) is 23.0. The number of hydrogen-bond acceptors (Lipinski definition) is 5. The SMILES string of the molecule is CCCCC/C=C\C/C=C\CCCCCCCCCCCC(=O)OCCCCCCCCCCCCCCCCCC/C=C\CCCCCCCCCCCCCCCCCCCC(=O)NC(CO)C(O)/C=C/CCCCCCCCCC. The van der Waals surface area contributed by atoms with E-state index in [0.29, 0.717) is 19.4 Å². The van der Waals surface area contributed by atoms with Gasteiger partial charge in [0, 0.05) is 12.8 Å². The minimum Gasteiger partial charge on any atom is -0.466 e. The minimum atomic E-state index is -0.840. The van der Waals surface area contributed by atoms with E-state index in [9.17, 15) is 19.8 Å². The third-order valence-electron chi connectivity index (χ3n) is 17.3. The van der Waals surface area contributed by atoms with Crippen molar-refractivity contribution in [2.24, 2.45) is 0 Å². The lowest BCUT2D eigenvalue weighted by Crippen LogP contribution is -2.45. The largest absolute Gasteiger partial charge is 0.466 e. The Balaban J connectivity index is 3.31. The van der Waals surface area contributed by atoms with Gasteiger partial charge in [-0.3, -0.25) is 9.59 Å². The van der Waals surface area contributed by atoms with E-state index in [1.54, 1.807) is 6.08 Å². The molecule has 2 atom stereocenters. The van der Waals surface area contributed by atoms with Crippen LogP contribution in [-0.2, 0) is 14.3 Å². The molecule has 0 saturated carbocycles. The smallest absolute Gasteiger partial charge is 0.305 e.